The molecule has 130 valence electrons. The molecular weight excluding hydrogens is 358 g/mol. The molecular formula is C18H18ClN3O2S. The van der Waals surface area contributed by atoms with Gasteiger partial charge in [0, 0.05) is 15.8 Å². The number of rotatable bonds is 3. The molecule has 0 bridgehead atoms. The van der Waals surface area contributed by atoms with Gasteiger partial charge in [-0.15, -0.1) is 11.8 Å². The summed E-state index contributed by atoms with van der Waals surface area (Å²) in [6.45, 7) is 0.151. The normalized spacial score (nSPS) is 19.2. The van der Waals surface area contributed by atoms with Crippen molar-refractivity contribution < 1.29 is 9.59 Å². The van der Waals surface area contributed by atoms with E-state index in [1.54, 1.807) is 11.8 Å². The van der Waals surface area contributed by atoms with Crippen molar-refractivity contribution in [1.29, 1.82) is 0 Å². The van der Waals surface area contributed by atoms with Crippen LogP contribution in [0.5, 0.6) is 0 Å². The summed E-state index contributed by atoms with van der Waals surface area (Å²) >= 11 is 7.98. The van der Waals surface area contributed by atoms with Gasteiger partial charge < -0.3 is 5.32 Å². The van der Waals surface area contributed by atoms with Crippen LogP contribution in [0.2, 0.25) is 5.15 Å². The average molecular weight is 376 g/mol. The lowest BCUT2D eigenvalue weighted by Crippen LogP contribution is -2.44. The number of pyridine rings is 1. The third-order valence-electron chi connectivity index (χ3n) is 5.08. The largest absolute Gasteiger partial charge is 0.325 e. The molecule has 2 fully saturated rings. The van der Waals surface area contributed by atoms with E-state index < -0.39 is 5.54 Å². The first-order valence-corrected chi connectivity index (χ1v) is 9.90. The van der Waals surface area contributed by atoms with Gasteiger partial charge in [0.2, 0.25) is 0 Å². The Hall–Kier alpha value is -1.79. The van der Waals surface area contributed by atoms with E-state index in [1.807, 2.05) is 30.5 Å². The summed E-state index contributed by atoms with van der Waals surface area (Å²) in [4.78, 5) is 31.9. The molecule has 3 amide bonds. The molecule has 0 atom stereocenters. The van der Waals surface area contributed by atoms with E-state index in [4.69, 9.17) is 11.6 Å². The van der Waals surface area contributed by atoms with Crippen molar-refractivity contribution in [2.75, 3.05) is 6.26 Å². The molecule has 25 heavy (non-hydrogen) atoms. The highest BCUT2D eigenvalue weighted by Gasteiger charge is 2.52. The van der Waals surface area contributed by atoms with E-state index in [2.05, 4.69) is 10.3 Å². The molecule has 1 aliphatic heterocycles. The van der Waals surface area contributed by atoms with Gasteiger partial charge in [-0.05, 0) is 37.3 Å². The fourth-order valence-corrected chi connectivity index (χ4v) is 4.35. The fourth-order valence-electron chi connectivity index (χ4n) is 3.71. The van der Waals surface area contributed by atoms with E-state index in [0.29, 0.717) is 10.7 Å². The number of thioether (sulfide) groups is 1. The molecule has 0 unspecified atom stereocenters. The maximum absolute atomic E-state index is 12.8. The Morgan fingerprint density at radius 3 is 2.76 bits per heavy atom. The zero-order chi connectivity index (χ0) is 17.6. The van der Waals surface area contributed by atoms with Crippen molar-refractivity contribution in [1.82, 2.24) is 15.2 Å². The van der Waals surface area contributed by atoms with Gasteiger partial charge in [0.25, 0.3) is 5.91 Å². The van der Waals surface area contributed by atoms with Crippen LogP contribution in [0.4, 0.5) is 4.79 Å². The molecule has 1 aliphatic carbocycles. The van der Waals surface area contributed by atoms with E-state index >= 15 is 0 Å². The topological polar surface area (TPSA) is 62.3 Å². The number of halogens is 1. The van der Waals surface area contributed by atoms with E-state index in [1.165, 1.54) is 4.90 Å². The highest BCUT2D eigenvalue weighted by Crippen LogP contribution is 2.36. The standard InChI is InChI=1S/C18H18ClN3O2S/c1-25-13-5-4-11-8-12(15(19)20-14(11)9-13)10-22-16(23)18(21-17(22)24)6-2-3-7-18/h4-5,8-9H,2-3,6-7,10H2,1H3,(H,21,24). The van der Waals surface area contributed by atoms with Gasteiger partial charge >= 0.3 is 6.03 Å². The molecule has 1 aromatic heterocycles. The number of fused-ring (bicyclic) bond motifs is 1. The zero-order valence-corrected chi connectivity index (χ0v) is 15.4. The van der Waals surface area contributed by atoms with E-state index in [0.717, 1.165) is 41.5 Å². The number of benzene rings is 1. The minimum absolute atomic E-state index is 0.135. The van der Waals surface area contributed by atoms with Crippen LogP contribution in [0.3, 0.4) is 0 Å². The van der Waals surface area contributed by atoms with Gasteiger partial charge in [-0.1, -0.05) is 30.5 Å². The lowest BCUT2D eigenvalue weighted by atomic mass is 9.98. The Labute approximate surface area is 155 Å². The Morgan fingerprint density at radius 1 is 1.28 bits per heavy atom. The maximum Gasteiger partial charge on any atom is 0.325 e. The van der Waals surface area contributed by atoms with Crippen molar-refractivity contribution >= 4 is 46.2 Å². The summed E-state index contributed by atoms with van der Waals surface area (Å²) < 4.78 is 0. The minimum atomic E-state index is -0.693. The predicted octanol–water partition coefficient (Wildman–Crippen LogP) is 3.97. The Balaban J connectivity index is 1.65. The van der Waals surface area contributed by atoms with Crippen LogP contribution in [0.1, 0.15) is 31.2 Å². The number of carbonyl (C=O) groups is 2. The average Bonchev–Trinajstić information content (AvgIpc) is 3.16. The van der Waals surface area contributed by atoms with Crippen LogP contribution in [-0.4, -0.2) is 33.6 Å². The molecule has 0 radical (unpaired) electrons. The third-order valence-corrected chi connectivity index (χ3v) is 6.13. The number of nitrogens with zero attached hydrogens (tertiary/aromatic N) is 2. The smallest absolute Gasteiger partial charge is 0.323 e. The molecule has 5 nitrogen and oxygen atoms in total. The number of urea groups is 1. The summed E-state index contributed by atoms with van der Waals surface area (Å²) in [5.74, 6) is -0.135. The summed E-state index contributed by atoms with van der Waals surface area (Å²) in [5, 5.41) is 4.17. The quantitative estimate of drug-likeness (QED) is 0.501. The van der Waals surface area contributed by atoms with Crippen molar-refractivity contribution in [3.8, 4) is 0 Å². The second-order valence-corrected chi connectivity index (χ2v) is 7.85. The number of nitrogens with one attached hydrogen (secondary N) is 1. The van der Waals surface area contributed by atoms with Crippen LogP contribution in [0.25, 0.3) is 10.9 Å². The number of amides is 3. The Morgan fingerprint density at radius 2 is 2.04 bits per heavy atom. The molecule has 7 heteroatoms. The fraction of sp³-hybridized carbons (Fsp3) is 0.389. The van der Waals surface area contributed by atoms with E-state index in [9.17, 15) is 9.59 Å². The Bertz CT molecular complexity index is 880. The highest BCUT2D eigenvalue weighted by molar-refractivity contribution is 7.98. The van der Waals surface area contributed by atoms with Gasteiger partial charge in [0.1, 0.15) is 10.7 Å². The monoisotopic (exact) mass is 375 g/mol. The number of hydrogen-bond acceptors (Lipinski definition) is 4. The van der Waals surface area contributed by atoms with Crippen molar-refractivity contribution in [3.63, 3.8) is 0 Å². The van der Waals surface area contributed by atoms with Crippen molar-refractivity contribution in [2.24, 2.45) is 0 Å². The van der Waals surface area contributed by atoms with Crippen LogP contribution < -0.4 is 5.32 Å². The first-order chi connectivity index (χ1) is 12.0. The highest BCUT2D eigenvalue weighted by atomic mass is 35.5. The molecule has 1 spiro atoms. The number of carbonyl (C=O) groups excluding carboxylic acids is 2. The first-order valence-electron chi connectivity index (χ1n) is 8.30. The number of hydrogen-bond donors (Lipinski definition) is 1. The molecule has 2 aromatic rings. The van der Waals surface area contributed by atoms with Crippen LogP contribution in [0.15, 0.2) is 29.2 Å². The van der Waals surface area contributed by atoms with Gasteiger partial charge in [-0.3, -0.25) is 9.69 Å². The summed E-state index contributed by atoms with van der Waals surface area (Å²) in [6, 6.07) is 7.57. The van der Waals surface area contributed by atoms with Crippen molar-refractivity contribution in [2.45, 2.75) is 42.7 Å². The molecule has 2 aliphatic rings. The first kappa shape index (κ1) is 16.7. The maximum atomic E-state index is 12.8. The Kier molecular flexibility index (Phi) is 4.12. The summed E-state index contributed by atoms with van der Waals surface area (Å²) in [5.41, 5.74) is 0.802. The second-order valence-electron chi connectivity index (χ2n) is 6.61. The molecule has 1 saturated carbocycles. The van der Waals surface area contributed by atoms with Crippen LogP contribution in [0, 0.1) is 0 Å². The van der Waals surface area contributed by atoms with Crippen molar-refractivity contribution in [3.05, 3.63) is 35.0 Å². The SMILES string of the molecule is CSc1ccc2cc(CN3C(=O)NC4(CCCC4)C3=O)c(Cl)nc2c1. The lowest BCUT2D eigenvalue weighted by molar-refractivity contribution is -0.131. The van der Waals surface area contributed by atoms with Gasteiger partial charge in [-0.2, -0.15) is 0 Å². The van der Waals surface area contributed by atoms with Gasteiger partial charge in [0.15, 0.2) is 0 Å². The zero-order valence-electron chi connectivity index (χ0n) is 13.8. The molecule has 4 rings (SSSR count). The molecule has 1 aromatic carbocycles. The molecule has 2 heterocycles. The third kappa shape index (κ3) is 2.77. The second kappa shape index (κ2) is 6.18. The number of imide groups is 1. The van der Waals surface area contributed by atoms with Crippen LogP contribution >= 0.6 is 23.4 Å². The lowest BCUT2D eigenvalue weighted by Gasteiger charge is -2.20. The minimum Gasteiger partial charge on any atom is -0.323 e. The predicted molar refractivity (Wildman–Crippen MR) is 98.8 cm³/mol. The van der Waals surface area contributed by atoms with E-state index in [-0.39, 0.29) is 18.5 Å². The van der Waals surface area contributed by atoms with Gasteiger partial charge in [0.05, 0.1) is 12.1 Å². The number of aromatic nitrogens is 1. The van der Waals surface area contributed by atoms with Gasteiger partial charge in [-0.25, -0.2) is 9.78 Å². The molecule has 1 saturated heterocycles. The summed E-state index contributed by atoms with van der Waals surface area (Å²) in [7, 11) is 0. The molecule has 1 N–H and O–H groups in total. The summed E-state index contributed by atoms with van der Waals surface area (Å²) in [6.07, 6.45) is 5.38. The van der Waals surface area contributed by atoms with Crippen LogP contribution in [-0.2, 0) is 11.3 Å².